The number of rotatable bonds is 5. The predicted octanol–water partition coefficient (Wildman–Crippen LogP) is 2.64. The molecule has 2 aromatic rings. The minimum absolute atomic E-state index is 0.773. The Balaban J connectivity index is 2.23. The monoisotopic (exact) mass is 295 g/mol. The number of nitrogens with zero attached hydrogens (tertiary/aromatic N) is 4. The lowest BCUT2D eigenvalue weighted by Gasteiger charge is -2.18. The molecule has 5 nitrogen and oxygen atoms in total. The Morgan fingerprint density at radius 1 is 1.42 bits per heavy atom. The fourth-order valence-electron chi connectivity index (χ4n) is 1.60. The minimum atomic E-state index is 0.773. The van der Waals surface area contributed by atoms with Gasteiger partial charge in [0.1, 0.15) is 11.6 Å². The van der Waals surface area contributed by atoms with Crippen molar-refractivity contribution >= 4 is 34.7 Å². The molecule has 1 N–H and O–H groups in total. The van der Waals surface area contributed by atoms with Gasteiger partial charge in [-0.05, 0) is 13.2 Å². The number of thiazole rings is 1. The number of aryl methyl sites for hydroxylation is 1. The molecule has 0 bridgehead atoms. The van der Waals surface area contributed by atoms with E-state index < -0.39 is 0 Å². The van der Waals surface area contributed by atoms with Crippen LogP contribution in [0.2, 0.25) is 0 Å². The van der Waals surface area contributed by atoms with Crippen LogP contribution in [0.4, 0.5) is 11.6 Å². The van der Waals surface area contributed by atoms with Gasteiger partial charge in [0.15, 0.2) is 5.16 Å². The summed E-state index contributed by atoms with van der Waals surface area (Å²) in [5, 5.41) is 3.84. The molecule has 19 heavy (non-hydrogen) atoms. The van der Waals surface area contributed by atoms with Crippen molar-refractivity contribution in [3.05, 3.63) is 22.1 Å². The molecule has 102 valence electrons. The van der Waals surface area contributed by atoms with Gasteiger partial charge in [-0.25, -0.2) is 15.0 Å². The van der Waals surface area contributed by atoms with Gasteiger partial charge in [0.25, 0.3) is 0 Å². The highest BCUT2D eigenvalue weighted by molar-refractivity contribution is 7.98. The number of nitrogens with one attached hydrogen (secondary N) is 1. The molecular formula is C12H17N5S2. The summed E-state index contributed by atoms with van der Waals surface area (Å²) < 4.78 is 0. The van der Waals surface area contributed by atoms with Gasteiger partial charge < -0.3 is 10.2 Å². The molecule has 0 spiro atoms. The topological polar surface area (TPSA) is 53.9 Å². The van der Waals surface area contributed by atoms with Crippen molar-refractivity contribution in [1.82, 2.24) is 15.0 Å². The maximum absolute atomic E-state index is 4.53. The molecule has 0 atom stereocenters. The van der Waals surface area contributed by atoms with E-state index in [0.29, 0.717) is 0 Å². The van der Waals surface area contributed by atoms with Crippen LogP contribution in [-0.4, -0.2) is 35.3 Å². The lowest BCUT2D eigenvalue weighted by molar-refractivity contribution is 0.861. The van der Waals surface area contributed by atoms with E-state index in [2.05, 4.69) is 25.2 Å². The third kappa shape index (κ3) is 3.36. The van der Waals surface area contributed by atoms with Crippen molar-refractivity contribution in [1.29, 1.82) is 0 Å². The largest absolute Gasteiger partial charge is 0.373 e. The highest BCUT2D eigenvalue weighted by Gasteiger charge is 2.10. The molecule has 0 unspecified atom stereocenters. The zero-order chi connectivity index (χ0) is 13.8. The Morgan fingerprint density at radius 3 is 2.79 bits per heavy atom. The summed E-state index contributed by atoms with van der Waals surface area (Å²) in [6.07, 6.45) is 1.98. The Hall–Kier alpha value is -1.34. The number of hydrogen-bond acceptors (Lipinski definition) is 7. The molecule has 0 saturated heterocycles. The number of anilines is 2. The average molecular weight is 295 g/mol. The molecule has 2 rings (SSSR count). The Labute approximate surface area is 121 Å². The van der Waals surface area contributed by atoms with Gasteiger partial charge >= 0.3 is 0 Å². The molecule has 0 aliphatic rings. The van der Waals surface area contributed by atoms with Gasteiger partial charge in [-0.15, -0.1) is 11.3 Å². The predicted molar refractivity (Wildman–Crippen MR) is 82.3 cm³/mol. The smallest absolute Gasteiger partial charge is 0.191 e. The maximum atomic E-state index is 4.53. The Kier molecular flexibility index (Phi) is 4.60. The first-order valence-electron chi connectivity index (χ1n) is 5.85. The quantitative estimate of drug-likeness (QED) is 0.676. The highest BCUT2D eigenvalue weighted by Crippen LogP contribution is 2.22. The fourth-order valence-corrected chi connectivity index (χ4v) is 2.81. The van der Waals surface area contributed by atoms with Crippen LogP contribution in [0.1, 0.15) is 10.6 Å². The summed E-state index contributed by atoms with van der Waals surface area (Å²) in [5.74, 6) is 1.75. The van der Waals surface area contributed by atoms with Crippen molar-refractivity contribution in [2.75, 3.05) is 30.6 Å². The summed E-state index contributed by atoms with van der Waals surface area (Å²) in [6.45, 7) is 2.84. The molecule has 0 aromatic carbocycles. The minimum Gasteiger partial charge on any atom is -0.373 e. The van der Waals surface area contributed by atoms with Crippen molar-refractivity contribution in [2.24, 2.45) is 0 Å². The highest BCUT2D eigenvalue weighted by atomic mass is 32.2. The average Bonchev–Trinajstić information content (AvgIpc) is 2.83. The molecule has 0 aliphatic heterocycles. The second-order valence-corrected chi connectivity index (χ2v) is 5.78. The number of thioether (sulfide) groups is 1. The van der Waals surface area contributed by atoms with E-state index in [1.54, 1.807) is 23.1 Å². The molecular weight excluding hydrogens is 278 g/mol. The van der Waals surface area contributed by atoms with E-state index in [-0.39, 0.29) is 0 Å². The summed E-state index contributed by atoms with van der Waals surface area (Å²) in [7, 11) is 3.90. The van der Waals surface area contributed by atoms with E-state index in [0.717, 1.165) is 29.0 Å². The van der Waals surface area contributed by atoms with Crippen LogP contribution in [0.25, 0.3) is 0 Å². The molecule has 0 saturated carbocycles. The van der Waals surface area contributed by atoms with Crippen LogP contribution in [0.15, 0.2) is 16.7 Å². The summed E-state index contributed by atoms with van der Waals surface area (Å²) in [4.78, 5) is 16.6. The molecule has 0 aliphatic carbocycles. The normalized spacial score (nSPS) is 10.5. The van der Waals surface area contributed by atoms with Crippen molar-refractivity contribution in [2.45, 2.75) is 18.6 Å². The molecule has 0 amide bonds. The number of aromatic nitrogens is 3. The summed E-state index contributed by atoms with van der Waals surface area (Å²) in [6, 6.07) is 1.95. The van der Waals surface area contributed by atoms with Crippen LogP contribution < -0.4 is 10.2 Å². The lowest BCUT2D eigenvalue weighted by atomic mass is 10.3. The Morgan fingerprint density at radius 2 is 2.21 bits per heavy atom. The Bertz CT molecular complexity index is 533. The zero-order valence-electron chi connectivity index (χ0n) is 11.5. The van der Waals surface area contributed by atoms with Gasteiger partial charge in [-0.2, -0.15) is 0 Å². The molecule has 0 fully saturated rings. The third-order valence-electron chi connectivity index (χ3n) is 2.75. The van der Waals surface area contributed by atoms with E-state index in [4.69, 9.17) is 0 Å². The van der Waals surface area contributed by atoms with Gasteiger partial charge in [-0.3, -0.25) is 0 Å². The first kappa shape index (κ1) is 14.1. The van der Waals surface area contributed by atoms with E-state index >= 15 is 0 Å². The van der Waals surface area contributed by atoms with E-state index in [1.807, 2.05) is 38.9 Å². The SMILES string of the molecule is CNc1cc(N(C)Cc2scnc2C)nc(SC)n1. The summed E-state index contributed by atoms with van der Waals surface area (Å²) in [5.41, 5.74) is 2.97. The van der Waals surface area contributed by atoms with Crippen LogP contribution >= 0.6 is 23.1 Å². The van der Waals surface area contributed by atoms with Crippen molar-refractivity contribution in [3.8, 4) is 0 Å². The van der Waals surface area contributed by atoms with Crippen LogP contribution in [-0.2, 0) is 6.54 Å². The van der Waals surface area contributed by atoms with Gasteiger partial charge in [0.2, 0.25) is 0 Å². The molecule has 0 radical (unpaired) electrons. The van der Waals surface area contributed by atoms with E-state index in [1.165, 1.54) is 4.88 Å². The zero-order valence-corrected chi connectivity index (χ0v) is 13.1. The summed E-state index contributed by atoms with van der Waals surface area (Å²) >= 11 is 3.22. The molecule has 2 heterocycles. The van der Waals surface area contributed by atoms with Gasteiger partial charge in [0, 0.05) is 25.0 Å². The molecule has 2 aromatic heterocycles. The second kappa shape index (κ2) is 6.21. The maximum Gasteiger partial charge on any atom is 0.191 e. The fraction of sp³-hybridized carbons (Fsp3) is 0.417. The first-order chi connectivity index (χ1) is 9.13. The van der Waals surface area contributed by atoms with Gasteiger partial charge in [0.05, 0.1) is 17.7 Å². The van der Waals surface area contributed by atoms with Crippen molar-refractivity contribution < 1.29 is 0 Å². The van der Waals surface area contributed by atoms with Crippen LogP contribution in [0.3, 0.4) is 0 Å². The van der Waals surface area contributed by atoms with Crippen molar-refractivity contribution in [3.63, 3.8) is 0 Å². The second-order valence-electron chi connectivity index (χ2n) is 4.07. The van der Waals surface area contributed by atoms with Crippen LogP contribution in [0.5, 0.6) is 0 Å². The van der Waals surface area contributed by atoms with Crippen LogP contribution in [0, 0.1) is 6.92 Å². The molecule has 7 heteroatoms. The first-order valence-corrected chi connectivity index (χ1v) is 7.95. The standard InChI is InChI=1S/C12H17N5S2/c1-8-9(19-7-14-8)6-17(3)11-5-10(13-2)15-12(16-11)18-4/h5,7H,6H2,1-4H3,(H,13,15,16). The number of hydrogen-bond donors (Lipinski definition) is 1. The third-order valence-corrected chi connectivity index (χ3v) is 4.22. The lowest BCUT2D eigenvalue weighted by Crippen LogP contribution is -2.18. The van der Waals surface area contributed by atoms with Gasteiger partial charge in [-0.1, -0.05) is 11.8 Å². The van der Waals surface area contributed by atoms with E-state index in [9.17, 15) is 0 Å².